The zero-order chi connectivity index (χ0) is 11.0. The Morgan fingerprint density at radius 2 is 2.33 bits per heavy atom. The molecule has 0 aromatic heterocycles. The molecule has 0 saturated heterocycles. The van der Waals surface area contributed by atoms with Gasteiger partial charge in [-0.2, -0.15) is 0 Å². The van der Waals surface area contributed by atoms with Gasteiger partial charge in [-0.3, -0.25) is 0 Å². The maximum absolute atomic E-state index is 13.1. The molecule has 0 spiro atoms. The van der Waals surface area contributed by atoms with E-state index in [0.717, 1.165) is 24.3 Å². The molecular formula is C12H16FNO. The predicted octanol–water partition coefficient (Wildman–Crippen LogP) is 2.13. The molecule has 3 heteroatoms. The van der Waals surface area contributed by atoms with Crippen molar-refractivity contribution in [3.8, 4) is 0 Å². The van der Waals surface area contributed by atoms with Crippen LogP contribution in [-0.4, -0.2) is 24.3 Å². The zero-order valence-electron chi connectivity index (χ0n) is 9.07. The number of aliphatic hydroxyl groups excluding tert-OH is 1. The molecule has 1 heterocycles. The normalized spacial score (nSPS) is 21.6. The van der Waals surface area contributed by atoms with Crippen molar-refractivity contribution < 1.29 is 9.50 Å². The SMILES string of the molecule is CCN1CC(C(C)O)c2cc(F)ccc21. The van der Waals surface area contributed by atoms with Crippen molar-refractivity contribution in [3.05, 3.63) is 29.6 Å². The second-order valence-electron chi connectivity index (χ2n) is 4.09. The number of fused-ring (bicyclic) bond motifs is 1. The van der Waals surface area contributed by atoms with Crippen molar-refractivity contribution in [2.75, 3.05) is 18.0 Å². The zero-order valence-corrected chi connectivity index (χ0v) is 9.07. The van der Waals surface area contributed by atoms with E-state index in [9.17, 15) is 9.50 Å². The van der Waals surface area contributed by atoms with E-state index in [1.54, 1.807) is 19.1 Å². The lowest BCUT2D eigenvalue weighted by atomic mass is 9.96. The van der Waals surface area contributed by atoms with Crippen LogP contribution in [0.1, 0.15) is 25.3 Å². The molecule has 1 aliphatic heterocycles. The number of likely N-dealkylation sites (N-methyl/N-ethyl adjacent to an activating group) is 1. The van der Waals surface area contributed by atoms with Gasteiger partial charge in [0, 0.05) is 24.7 Å². The monoisotopic (exact) mass is 209 g/mol. The fraction of sp³-hybridized carbons (Fsp3) is 0.500. The summed E-state index contributed by atoms with van der Waals surface area (Å²) in [6, 6.07) is 4.82. The third kappa shape index (κ3) is 1.72. The third-order valence-corrected chi connectivity index (χ3v) is 3.11. The van der Waals surface area contributed by atoms with Crippen LogP contribution < -0.4 is 4.90 Å². The van der Waals surface area contributed by atoms with Gasteiger partial charge in [0.25, 0.3) is 0 Å². The maximum atomic E-state index is 13.1. The lowest BCUT2D eigenvalue weighted by molar-refractivity contribution is 0.167. The minimum atomic E-state index is -0.429. The number of hydrogen-bond acceptors (Lipinski definition) is 2. The minimum absolute atomic E-state index is 0.0376. The summed E-state index contributed by atoms with van der Waals surface area (Å²) in [7, 11) is 0. The number of anilines is 1. The van der Waals surface area contributed by atoms with Crippen LogP contribution in [0.4, 0.5) is 10.1 Å². The summed E-state index contributed by atoms with van der Waals surface area (Å²) < 4.78 is 13.1. The van der Waals surface area contributed by atoms with Gasteiger partial charge in [0.2, 0.25) is 0 Å². The summed E-state index contributed by atoms with van der Waals surface area (Å²) in [6.45, 7) is 5.50. The number of nitrogens with zero attached hydrogens (tertiary/aromatic N) is 1. The van der Waals surface area contributed by atoms with E-state index in [4.69, 9.17) is 0 Å². The van der Waals surface area contributed by atoms with Crippen LogP contribution in [0.3, 0.4) is 0 Å². The van der Waals surface area contributed by atoms with Crippen LogP contribution >= 0.6 is 0 Å². The van der Waals surface area contributed by atoms with Crippen LogP contribution in [-0.2, 0) is 0 Å². The molecule has 2 rings (SSSR count). The average molecular weight is 209 g/mol. The topological polar surface area (TPSA) is 23.5 Å². The first-order valence-electron chi connectivity index (χ1n) is 5.36. The summed E-state index contributed by atoms with van der Waals surface area (Å²) >= 11 is 0. The summed E-state index contributed by atoms with van der Waals surface area (Å²) in [5.74, 6) is -0.187. The van der Waals surface area contributed by atoms with Gasteiger partial charge in [-0.05, 0) is 37.6 Å². The third-order valence-electron chi connectivity index (χ3n) is 3.11. The molecule has 0 fully saturated rings. The van der Waals surface area contributed by atoms with Gasteiger partial charge in [-0.15, -0.1) is 0 Å². The first kappa shape index (κ1) is 10.4. The van der Waals surface area contributed by atoms with Gasteiger partial charge >= 0.3 is 0 Å². The lowest BCUT2D eigenvalue weighted by Gasteiger charge is -2.17. The van der Waals surface area contributed by atoms with Gasteiger partial charge < -0.3 is 10.0 Å². The average Bonchev–Trinajstić information content (AvgIpc) is 2.55. The summed E-state index contributed by atoms with van der Waals surface area (Å²) in [6.07, 6.45) is -0.429. The van der Waals surface area contributed by atoms with Crippen molar-refractivity contribution in [2.24, 2.45) is 0 Å². The molecule has 2 unspecified atom stereocenters. The van der Waals surface area contributed by atoms with Crippen LogP contribution in [0, 0.1) is 5.82 Å². The molecule has 0 radical (unpaired) electrons. The van der Waals surface area contributed by atoms with Gasteiger partial charge in [-0.25, -0.2) is 4.39 Å². The highest BCUT2D eigenvalue weighted by Crippen LogP contribution is 2.38. The second kappa shape index (κ2) is 3.81. The van der Waals surface area contributed by atoms with Crippen LogP contribution in [0.25, 0.3) is 0 Å². The summed E-state index contributed by atoms with van der Waals surface area (Å²) in [5, 5.41) is 9.65. The lowest BCUT2D eigenvalue weighted by Crippen LogP contribution is -2.25. The van der Waals surface area contributed by atoms with Gasteiger partial charge in [-0.1, -0.05) is 0 Å². The molecule has 15 heavy (non-hydrogen) atoms. The first-order chi connectivity index (χ1) is 7.13. The summed E-state index contributed by atoms with van der Waals surface area (Å²) in [5.41, 5.74) is 2.00. The Morgan fingerprint density at radius 1 is 1.60 bits per heavy atom. The number of hydrogen-bond donors (Lipinski definition) is 1. The molecule has 1 aromatic carbocycles. The molecule has 2 nitrogen and oxygen atoms in total. The Hall–Kier alpha value is -1.09. The van der Waals surface area contributed by atoms with Crippen LogP contribution in [0.15, 0.2) is 18.2 Å². The van der Waals surface area contributed by atoms with E-state index < -0.39 is 6.10 Å². The van der Waals surface area contributed by atoms with Crippen molar-refractivity contribution in [2.45, 2.75) is 25.9 Å². The smallest absolute Gasteiger partial charge is 0.123 e. The number of halogens is 1. The van der Waals surface area contributed by atoms with Gasteiger partial charge in [0.1, 0.15) is 5.82 Å². The predicted molar refractivity (Wildman–Crippen MR) is 58.7 cm³/mol. The fourth-order valence-corrected chi connectivity index (χ4v) is 2.26. The van der Waals surface area contributed by atoms with E-state index in [1.807, 2.05) is 0 Å². The first-order valence-corrected chi connectivity index (χ1v) is 5.36. The minimum Gasteiger partial charge on any atom is -0.393 e. The Bertz CT molecular complexity index is 365. The molecule has 1 aliphatic rings. The van der Waals surface area contributed by atoms with Gasteiger partial charge in [0.15, 0.2) is 0 Å². The Labute approximate surface area is 89.3 Å². The molecule has 1 aromatic rings. The highest BCUT2D eigenvalue weighted by atomic mass is 19.1. The van der Waals surface area contributed by atoms with E-state index >= 15 is 0 Å². The van der Waals surface area contributed by atoms with Crippen LogP contribution in [0.5, 0.6) is 0 Å². The second-order valence-corrected chi connectivity index (χ2v) is 4.09. The van der Waals surface area contributed by atoms with Crippen molar-refractivity contribution in [1.29, 1.82) is 0 Å². The molecule has 82 valence electrons. The standard InChI is InChI=1S/C12H16FNO/c1-3-14-7-11(8(2)15)10-6-9(13)4-5-12(10)14/h4-6,8,11,15H,3,7H2,1-2H3. The highest BCUT2D eigenvalue weighted by Gasteiger charge is 2.30. The highest BCUT2D eigenvalue weighted by molar-refractivity contribution is 5.60. The van der Waals surface area contributed by atoms with E-state index in [1.165, 1.54) is 6.07 Å². The Morgan fingerprint density at radius 3 is 2.93 bits per heavy atom. The van der Waals surface area contributed by atoms with Crippen molar-refractivity contribution >= 4 is 5.69 Å². The molecule has 0 amide bonds. The molecule has 2 atom stereocenters. The fourth-order valence-electron chi connectivity index (χ4n) is 2.26. The Kier molecular flexibility index (Phi) is 2.65. The number of aliphatic hydroxyl groups is 1. The molecule has 1 N–H and O–H groups in total. The van der Waals surface area contributed by atoms with Crippen molar-refractivity contribution in [1.82, 2.24) is 0 Å². The molecule has 0 aliphatic carbocycles. The van der Waals surface area contributed by atoms with E-state index in [-0.39, 0.29) is 11.7 Å². The van der Waals surface area contributed by atoms with Crippen molar-refractivity contribution in [3.63, 3.8) is 0 Å². The molecular weight excluding hydrogens is 193 g/mol. The molecule has 0 bridgehead atoms. The number of benzene rings is 1. The number of rotatable bonds is 2. The summed E-state index contributed by atoms with van der Waals surface area (Å²) in [4.78, 5) is 2.17. The van der Waals surface area contributed by atoms with Gasteiger partial charge in [0.05, 0.1) is 6.10 Å². The Balaban J connectivity index is 2.43. The van der Waals surface area contributed by atoms with E-state index in [2.05, 4.69) is 11.8 Å². The van der Waals surface area contributed by atoms with E-state index in [0.29, 0.717) is 0 Å². The quantitative estimate of drug-likeness (QED) is 0.806. The van der Waals surface area contributed by atoms with Crippen LogP contribution in [0.2, 0.25) is 0 Å². The molecule has 0 saturated carbocycles. The maximum Gasteiger partial charge on any atom is 0.123 e. The largest absolute Gasteiger partial charge is 0.393 e.